The minimum atomic E-state index is -0.106. The highest BCUT2D eigenvalue weighted by atomic mass is 79.9. The summed E-state index contributed by atoms with van der Waals surface area (Å²) < 4.78 is 0.932. The van der Waals surface area contributed by atoms with Crippen molar-refractivity contribution in [3.63, 3.8) is 0 Å². The lowest BCUT2D eigenvalue weighted by Gasteiger charge is -2.15. The van der Waals surface area contributed by atoms with Crippen LogP contribution in [0.5, 0.6) is 0 Å². The van der Waals surface area contributed by atoms with Crippen molar-refractivity contribution in [1.82, 2.24) is 15.2 Å². The molecule has 1 aromatic carbocycles. The van der Waals surface area contributed by atoms with Gasteiger partial charge in [0.1, 0.15) is 5.69 Å². The average molecular weight is 497 g/mol. The predicted octanol–water partition coefficient (Wildman–Crippen LogP) is 4.36. The van der Waals surface area contributed by atoms with Crippen molar-refractivity contribution in [3.8, 4) is 0 Å². The number of hydrogen-bond donors (Lipinski definition) is 3. The smallest absolute Gasteiger partial charge is 0.268 e. The van der Waals surface area contributed by atoms with Gasteiger partial charge in [-0.3, -0.25) is 9.59 Å². The molecule has 0 spiro atoms. The topological polar surface area (TPSA) is 77.2 Å². The monoisotopic (exact) mass is 496 g/mol. The summed E-state index contributed by atoms with van der Waals surface area (Å²) in [6, 6.07) is 5.79. The van der Waals surface area contributed by atoms with Gasteiger partial charge in [0.05, 0.1) is 5.57 Å². The molecule has 32 heavy (non-hydrogen) atoms. The average Bonchev–Trinajstić information content (AvgIpc) is 3.51. The number of halogens is 1. The Labute approximate surface area is 197 Å². The van der Waals surface area contributed by atoms with E-state index in [4.69, 9.17) is 0 Å². The molecule has 168 valence electrons. The van der Waals surface area contributed by atoms with E-state index in [-0.39, 0.29) is 11.8 Å². The number of anilines is 1. The maximum absolute atomic E-state index is 13.0. The Balaban J connectivity index is 1.37. The second-order valence-corrected chi connectivity index (χ2v) is 9.85. The summed E-state index contributed by atoms with van der Waals surface area (Å²) in [4.78, 5) is 31.5. The Morgan fingerprint density at radius 3 is 2.72 bits per heavy atom. The van der Waals surface area contributed by atoms with Crippen molar-refractivity contribution < 1.29 is 9.59 Å². The molecule has 2 aromatic rings. The molecule has 0 radical (unpaired) electrons. The Morgan fingerprint density at radius 2 is 1.91 bits per heavy atom. The van der Waals surface area contributed by atoms with Crippen LogP contribution in [0.25, 0.3) is 11.6 Å². The summed E-state index contributed by atoms with van der Waals surface area (Å²) >= 11 is 3.50. The van der Waals surface area contributed by atoms with E-state index in [1.165, 1.54) is 31.5 Å². The van der Waals surface area contributed by atoms with Gasteiger partial charge < -0.3 is 20.5 Å². The number of carbonyl (C=O) groups is 2. The molecule has 1 fully saturated rings. The molecule has 7 heteroatoms. The first-order chi connectivity index (χ1) is 15.6. The summed E-state index contributed by atoms with van der Waals surface area (Å²) in [6.07, 6.45) is 9.50. The number of aromatic amines is 1. The van der Waals surface area contributed by atoms with Gasteiger partial charge in [0.2, 0.25) is 0 Å². The van der Waals surface area contributed by atoms with Crippen molar-refractivity contribution >= 4 is 45.1 Å². The van der Waals surface area contributed by atoms with Gasteiger partial charge in [-0.25, -0.2) is 0 Å². The van der Waals surface area contributed by atoms with Gasteiger partial charge in [-0.15, -0.1) is 0 Å². The molecule has 0 atom stereocenters. The Hall–Kier alpha value is -2.38. The fourth-order valence-corrected chi connectivity index (χ4v) is 5.49. The van der Waals surface area contributed by atoms with E-state index >= 15 is 0 Å². The number of nitrogens with zero attached hydrogens (tertiary/aromatic N) is 1. The van der Waals surface area contributed by atoms with Gasteiger partial charge >= 0.3 is 0 Å². The summed E-state index contributed by atoms with van der Waals surface area (Å²) in [5, 5.41) is 6.05. The second kappa shape index (κ2) is 9.24. The molecule has 6 nitrogen and oxygen atoms in total. The number of rotatable bonds is 6. The van der Waals surface area contributed by atoms with Crippen LogP contribution in [0.4, 0.5) is 5.69 Å². The van der Waals surface area contributed by atoms with E-state index in [9.17, 15) is 9.59 Å². The molecule has 3 N–H and O–H groups in total. The van der Waals surface area contributed by atoms with E-state index < -0.39 is 0 Å². The SMILES string of the molecule is O=C1Nc2ccc(Br)cc2/C1=C/c1[nH]c(C(=O)NCCCN2CCCC2)c2c1CCCC2. The first-order valence-electron chi connectivity index (χ1n) is 11.7. The van der Waals surface area contributed by atoms with Crippen LogP contribution >= 0.6 is 15.9 Å². The van der Waals surface area contributed by atoms with Crippen molar-refractivity contribution in [2.75, 3.05) is 31.5 Å². The van der Waals surface area contributed by atoms with E-state index in [1.807, 2.05) is 24.3 Å². The molecule has 5 rings (SSSR count). The third-order valence-electron chi connectivity index (χ3n) is 6.77. The third kappa shape index (κ3) is 4.28. The van der Waals surface area contributed by atoms with E-state index in [1.54, 1.807) is 0 Å². The van der Waals surface area contributed by atoms with Crippen molar-refractivity contribution in [3.05, 3.63) is 50.8 Å². The van der Waals surface area contributed by atoms with E-state index in [2.05, 4.69) is 36.4 Å². The zero-order valence-corrected chi connectivity index (χ0v) is 19.8. The van der Waals surface area contributed by atoms with Gasteiger partial charge in [0, 0.05) is 28.0 Å². The normalized spacial score (nSPS) is 19.2. The van der Waals surface area contributed by atoms with Crippen LogP contribution in [0.3, 0.4) is 0 Å². The molecule has 3 heterocycles. The maximum Gasteiger partial charge on any atom is 0.268 e. The summed E-state index contributed by atoms with van der Waals surface area (Å²) in [5.74, 6) is -0.140. The van der Waals surface area contributed by atoms with Crippen LogP contribution in [0.2, 0.25) is 0 Å². The number of hydrogen-bond acceptors (Lipinski definition) is 3. The van der Waals surface area contributed by atoms with Crippen molar-refractivity contribution in [2.45, 2.75) is 44.9 Å². The fraction of sp³-hybridized carbons (Fsp3) is 0.440. The van der Waals surface area contributed by atoms with Crippen LogP contribution in [-0.2, 0) is 17.6 Å². The molecular weight excluding hydrogens is 468 g/mol. The molecular formula is C25H29BrN4O2. The molecule has 3 aliphatic rings. The fourth-order valence-electron chi connectivity index (χ4n) is 5.13. The highest BCUT2D eigenvalue weighted by Gasteiger charge is 2.27. The van der Waals surface area contributed by atoms with Crippen LogP contribution in [-0.4, -0.2) is 47.9 Å². The lowest BCUT2D eigenvalue weighted by atomic mass is 9.91. The lowest BCUT2D eigenvalue weighted by molar-refractivity contribution is -0.110. The molecule has 2 amide bonds. The van der Waals surface area contributed by atoms with Gasteiger partial charge in [-0.2, -0.15) is 0 Å². The number of amides is 2. The maximum atomic E-state index is 13.0. The number of aromatic nitrogens is 1. The minimum absolute atomic E-state index is 0.0340. The highest BCUT2D eigenvalue weighted by molar-refractivity contribution is 9.10. The second-order valence-electron chi connectivity index (χ2n) is 8.94. The quantitative estimate of drug-likeness (QED) is 0.410. The Morgan fingerprint density at radius 1 is 1.12 bits per heavy atom. The van der Waals surface area contributed by atoms with Gasteiger partial charge in [0.15, 0.2) is 0 Å². The lowest BCUT2D eigenvalue weighted by Crippen LogP contribution is -2.29. The van der Waals surface area contributed by atoms with Crippen LogP contribution in [0.15, 0.2) is 22.7 Å². The number of nitrogens with one attached hydrogen (secondary N) is 3. The third-order valence-corrected chi connectivity index (χ3v) is 7.26. The predicted molar refractivity (Wildman–Crippen MR) is 131 cm³/mol. The molecule has 2 aliphatic heterocycles. The number of fused-ring (bicyclic) bond motifs is 2. The van der Waals surface area contributed by atoms with E-state index in [0.29, 0.717) is 17.8 Å². The number of carbonyl (C=O) groups excluding carboxylic acids is 2. The number of benzene rings is 1. The van der Waals surface area contributed by atoms with Gasteiger partial charge in [-0.1, -0.05) is 15.9 Å². The van der Waals surface area contributed by atoms with Crippen LogP contribution in [0, 0.1) is 0 Å². The zero-order chi connectivity index (χ0) is 22.1. The summed E-state index contributed by atoms with van der Waals surface area (Å²) in [7, 11) is 0. The van der Waals surface area contributed by atoms with Crippen LogP contribution in [0.1, 0.15) is 65.0 Å². The van der Waals surface area contributed by atoms with Crippen molar-refractivity contribution in [2.24, 2.45) is 0 Å². The summed E-state index contributed by atoms with van der Waals surface area (Å²) in [5.41, 5.74) is 6.20. The van der Waals surface area contributed by atoms with Crippen molar-refractivity contribution in [1.29, 1.82) is 0 Å². The molecule has 0 bridgehead atoms. The molecule has 1 aromatic heterocycles. The Kier molecular flexibility index (Phi) is 6.20. The summed E-state index contributed by atoms with van der Waals surface area (Å²) in [6.45, 7) is 4.10. The van der Waals surface area contributed by atoms with E-state index in [0.717, 1.165) is 65.6 Å². The highest BCUT2D eigenvalue weighted by Crippen LogP contribution is 2.37. The Bertz CT molecular complexity index is 1080. The van der Waals surface area contributed by atoms with Gasteiger partial charge in [0.25, 0.3) is 11.8 Å². The standard InChI is InChI=1S/C25H29BrN4O2/c26-16-8-9-21-19(14-16)20(24(31)29-21)15-22-17-6-1-2-7-18(17)23(28-22)25(32)27-10-5-13-30-11-3-4-12-30/h8-9,14-15,28H,1-7,10-13H2,(H,27,32)(H,29,31)/b20-15-. The van der Waals surface area contributed by atoms with Gasteiger partial charge in [-0.05, 0) is 100.0 Å². The van der Waals surface area contributed by atoms with Crippen LogP contribution < -0.4 is 10.6 Å². The molecule has 0 saturated carbocycles. The number of H-pyrrole nitrogens is 1. The zero-order valence-electron chi connectivity index (χ0n) is 18.2. The first-order valence-corrected chi connectivity index (χ1v) is 12.5. The molecule has 1 aliphatic carbocycles. The molecule has 0 unspecified atom stereocenters. The first kappa shape index (κ1) is 21.5. The largest absolute Gasteiger partial charge is 0.351 e. The number of likely N-dealkylation sites (tertiary alicyclic amines) is 1. The molecule has 1 saturated heterocycles. The minimum Gasteiger partial charge on any atom is -0.351 e.